The van der Waals surface area contributed by atoms with E-state index < -0.39 is 10.0 Å². The number of sulfonamides is 1. The zero-order valence-corrected chi connectivity index (χ0v) is 10.1. The maximum absolute atomic E-state index is 11.8. The summed E-state index contributed by atoms with van der Waals surface area (Å²) < 4.78 is 25.9. The maximum atomic E-state index is 11.8. The van der Waals surface area contributed by atoms with Gasteiger partial charge in [-0.05, 0) is 18.2 Å². The highest BCUT2D eigenvalue weighted by Gasteiger charge is 2.18. The molecule has 0 spiro atoms. The summed E-state index contributed by atoms with van der Waals surface area (Å²) in [6.45, 7) is 2.23. The number of carbonyl (C=O) groups excluding carboxylic acids is 1. The zero-order valence-electron chi connectivity index (χ0n) is 9.28. The molecule has 0 radical (unpaired) electrons. The SMILES string of the molecule is CCNS(=O)(=O)c1ccc2c(c1)NC(=O)CN2. The smallest absolute Gasteiger partial charge is 0.243 e. The third kappa shape index (κ3) is 2.40. The molecule has 1 aromatic carbocycles. The Kier molecular flexibility index (Phi) is 3.03. The van der Waals surface area contributed by atoms with Crippen molar-refractivity contribution >= 4 is 27.3 Å². The summed E-state index contributed by atoms with van der Waals surface area (Å²) in [6, 6.07) is 4.58. The lowest BCUT2D eigenvalue weighted by atomic mass is 10.2. The Morgan fingerprint density at radius 2 is 2.12 bits per heavy atom. The summed E-state index contributed by atoms with van der Waals surface area (Å²) in [5.41, 5.74) is 1.21. The number of hydrogen-bond acceptors (Lipinski definition) is 4. The molecule has 1 amide bonds. The van der Waals surface area contributed by atoms with Crippen LogP contribution in [0.2, 0.25) is 0 Å². The van der Waals surface area contributed by atoms with Crippen molar-refractivity contribution < 1.29 is 13.2 Å². The van der Waals surface area contributed by atoms with Crippen LogP contribution in [-0.2, 0) is 14.8 Å². The van der Waals surface area contributed by atoms with E-state index in [2.05, 4.69) is 15.4 Å². The van der Waals surface area contributed by atoms with E-state index in [1.54, 1.807) is 13.0 Å². The van der Waals surface area contributed by atoms with Crippen molar-refractivity contribution in [1.82, 2.24) is 4.72 Å². The lowest BCUT2D eigenvalue weighted by Gasteiger charge is -2.19. The molecule has 0 bridgehead atoms. The summed E-state index contributed by atoms with van der Waals surface area (Å²) in [5.74, 6) is -0.185. The molecule has 0 atom stereocenters. The molecule has 0 saturated heterocycles. The van der Waals surface area contributed by atoms with Crippen LogP contribution in [0.4, 0.5) is 11.4 Å². The van der Waals surface area contributed by atoms with Gasteiger partial charge in [0.2, 0.25) is 15.9 Å². The number of rotatable bonds is 3. The lowest BCUT2D eigenvalue weighted by molar-refractivity contribution is -0.114. The molecule has 0 unspecified atom stereocenters. The topological polar surface area (TPSA) is 87.3 Å². The zero-order chi connectivity index (χ0) is 12.5. The molecular formula is C10H13N3O3S. The predicted molar refractivity (Wildman–Crippen MR) is 64.4 cm³/mol. The second-order valence-electron chi connectivity index (χ2n) is 3.61. The second-order valence-corrected chi connectivity index (χ2v) is 5.38. The van der Waals surface area contributed by atoms with Gasteiger partial charge < -0.3 is 10.6 Å². The van der Waals surface area contributed by atoms with E-state index in [0.717, 1.165) is 5.69 Å². The van der Waals surface area contributed by atoms with Crippen molar-refractivity contribution in [2.45, 2.75) is 11.8 Å². The highest BCUT2D eigenvalue weighted by Crippen LogP contribution is 2.27. The average molecular weight is 255 g/mol. The van der Waals surface area contributed by atoms with Gasteiger partial charge in [-0.25, -0.2) is 13.1 Å². The van der Waals surface area contributed by atoms with Crippen molar-refractivity contribution in [3.63, 3.8) is 0 Å². The lowest BCUT2D eigenvalue weighted by Crippen LogP contribution is -2.28. The van der Waals surface area contributed by atoms with E-state index >= 15 is 0 Å². The first-order valence-corrected chi connectivity index (χ1v) is 6.68. The Morgan fingerprint density at radius 1 is 1.35 bits per heavy atom. The first-order valence-electron chi connectivity index (χ1n) is 5.20. The van der Waals surface area contributed by atoms with Gasteiger partial charge in [0.05, 0.1) is 22.8 Å². The Morgan fingerprint density at radius 3 is 2.82 bits per heavy atom. The highest BCUT2D eigenvalue weighted by atomic mass is 32.2. The van der Waals surface area contributed by atoms with Gasteiger partial charge in [0.1, 0.15) is 0 Å². The number of hydrogen-bond donors (Lipinski definition) is 3. The second kappa shape index (κ2) is 4.34. The summed E-state index contributed by atoms with van der Waals surface area (Å²) in [4.78, 5) is 11.3. The van der Waals surface area contributed by atoms with Gasteiger partial charge in [-0.2, -0.15) is 0 Å². The fourth-order valence-corrected chi connectivity index (χ4v) is 2.66. The molecule has 1 aromatic rings. The van der Waals surface area contributed by atoms with Crippen LogP contribution in [-0.4, -0.2) is 27.4 Å². The van der Waals surface area contributed by atoms with Gasteiger partial charge in [-0.3, -0.25) is 4.79 Å². The average Bonchev–Trinajstić information content (AvgIpc) is 2.28. The van der Waals surface area contributed by atoms with Gasteiger partial charge in [0.25, 0.3) is 0 Å². The molecule has 1 heterocycles. The van der Waals surface area contributed by atoms with Crippen molar-refractivity contribution in [2.24, 2.45) is 0 Å². The summed E-state index contributed by atoms with van der Waals surface area (Å²) >= 11 is 0. The van der Waals surface area contributed by atoms with Gasteiger partial charge in [0.15, 0.2) is 0 Å². The van der Waals surface area contributed by atoms with Crippen LogP contribution in [0.5, 0.6) is 0 Å². The summed E-state index contributed by atoms with van der Waals surface area (Å²) in [5, 5.41) is 5.52. The quantitative estimate of drug-likeness (QED) is 0.727. The molecule has 0 aliphatic carbocycles. The number of nitrogens with one attached hydrogen (secondary N) is 3. The van der Waals surface area contributed by atoms with Gasteiger partial charge in [-0.1, -0.05) is 6.92 Å². The van der Waals surface area contributed by atoms with E-state index in [1.165, 1.54) is 12.1 Å². The van der Waals surface area contributed by atoms with Crippen molar-refractivity contribution in [3.8, 4) is 0 Å². The molecule has 1 aliphatic rings. The molecule has 6 nitrogen and oxygen atoms in total. The molecule has 0 saturated carbocycles. The minimum Gasteiger partial charge on any atom is -0.374 e. The highest BCUT2D eigenvalue weighted by molar-refractivity contribution is 7.89. The molecule has 1 aliphatic heterocycles. The molecule has 7 heteroatoms. The minimum atomic E-state index is -3.49. The van der Waals surface area contributed by atoms with Gasteiger partial charge in [0, 0.05) is 6.54 Å². The van der Waals surface area contributed by atoms with Crippen LogP contribution < -0.4 is 15.4 Å². The number of carbonyl (C=O) groups is 1. The van der Waals surface area contributed by atoms with Crippen LogP contribution in [0.1, 0.15) is 6.92 Å². The molecular weight excluding hydrogens is 242 g/mol. The van der Waals surface area contributed by atoms with Crippen molar-refractivity contribution in [2.75, 3.05) is 23.7 Å². The number of anilines is 2. The largest absolute Gasteiger partial charge is 0.374 e. The van der Waals surface area contributed by atoms with Gasteiger partial charge in [-0.15, -0.1) is 0 Å². The van der Waals surface area contributed by atoms with Gasteiger partial charge >= 0.3 is 0 Å². The van der Waals surface area contributed by atoms with Crippen LogP contribution in [0.15, 0.2) is 23.1 Å². The minimum absolute atomic E-state index is 0.141. The normalized spacial score (nSPS) is 14.8. The number of fused-ring (bicyclic) bond motifs is 1. The third-order valence-corrected chi connectivity index (χ3v) is 3.89. The maximum Gasteiger partial charge on any atom is 0.243 e. The van der Waals surface area contributed by atoms with E-state index in [9.17, 15) is 13.2 Å². The molecule has 17 heavy (non-hydrogen) atoms. The molecule has 0 aromatic heterocycles. The number of amides is 1. The summed E-state index contributed by atoms with van der Waals surface area (Å²) in [7, 11) is -3.49. The first kappa shape index (κ1) is 11.9. The Balaban J connectivity index is 2.39. The fourth-order valence-electron chi connectivity index (χ4n) is 1.59. The molecule has 2 rings (SSSR count). The van der Waals surface area contributed by atoms with Crippen molar-refractivity contribution in [1.29, 1.82) is 0 Å². The molecule has 3 N–H and O–H groups in total. The Hall–Kier alpha value is -1.60. The van der Waals surface area contributed by atoms with Crippen molar-refractivity contribution in [3.05, 3.63) is 18.2 Å². The summed E-state index contributed by atoms with van der Waals surface area (Å²) in [6.07, 6.45) is 0. The van der Waals surface area contributed by atoms with Crippen LogP contribution in [0.3, 0.4) is 0 Å². The van der Waals surface area contributed by atoms with E-state index in [4.69, 9.17) is 0 Å². The Bertz CT molecular complexity index is 554. The number of benzene rings is 1. The standard InChI is InChI=1S/C10H13N3O3S/c1-2-12-17(15,16)7-3-4-8-9(5-7)13-10(14)6-11-8/h3-5,11-12H,2,6H2,1H3,(H,13,14). The Labute approximate surface area is 99.5 Å². The fraction of sp³-hybridized carbons (Fsp3) is 0.300. The van der Waals surface area contributed by atoms with Crippen LogP contribution in [0, 0.1) is 0 Å². The third-order valence-electron chi connectivity index (χ3n) is 2.35. The van der Waals surface area contributed by atoms with Crippen LogP contribution in [0.25, 0.3) is 0 Å². The van der Waals surface area contributed by atoms with E-state index in [1.807, 2.05) is 0 Å². The van der Waals surface area contributed by atoms with E-state index in [0.29, 0.717) is 12.2 Å². The first-order chi connectivity index (χ1) is 8.03. The molecule has 92 valence electrons. The van der Waals surface area contributed by atoms with E-state index in [-0.39, 0.29) is 17.3 Å². The monoisotopic (exact) mass is 255 g/mol. The van der Waals surface area contributed by atoms with Crippen LogP contribution >= 0.6 is 0 Å². The predicted octanol–water partition coefficient (Wildman–Crippen LogP) is 0.349. The molecule has 0 fully saturated rings.